The van der Waals surface area contributed by atoms with Crippen molar-refractivity contribution in [1.29, 1.82) is 0 Å². The SMILES string of the molecule is CC/C=C(\C)c1ccc(O)c2c1C[C@]1(C)C[C@]3(C)C(C(C)C)C(O)=C(C(C)=O)C(=O)[C@]3(O)C(O)=C1C2=O. The minimum Gasteiger partial charge on any atom is -0.511 e. The molecule has 0 aliphatic heterocycles. The number of allylic oxidation sites excluding steroid dienone is 4. The standard InChI is InChI=1S/C30H36O7/c1-8-9-15(4)17-10-11-19(32)21-18(17)12-28(6)13-29(7)22(14(2)3)24(33)20(16(5)31)26(35)30(29,37)27(36)23(28)25(21)34/h9-11,14,22,32-33,36-37H,8,12-13H2,1-7H3/b15-9+/t22?,28-,29-,30+/m1/s1. The Labute approximate surface area is 217 Å². The average Bonchev–Trinajstić information content (AvgIpc) is 2.75. The minimum absolute atomic E-state index is 0.0430. The second kappa shape index (κ2) is 8.42. The van der Waals surface area contributed by atoms with Crippen LogP contribution in [0.3, 0.4) is 0 Å². The van der Waals surface area contributed by atoms with Gasteiger partial charge in [-0.1, -0.05) is 46.8 Å². The number of aliphatic hydroxyl groups is 3. The lowest BCUT2D eigenvalue weighted by Gasteiger charge is -2.59. The molecule has 0 saturated carbocycles. The third-order valence-electron chi connectivity index (χ3n) is 8.83. The van der Waals surface area contributed by atoms with Crippen molar-refractivity contribution >= 4 is 22.9 Å². The van der Waals surface area contributed by atoms with Crippen molar-refractivity contribution in [2.75, 3.05) is 0 Å². The molecule has 0 heterocycles. The number of phenolic OH excluding ortho intramolecular Hbond substituents is 1. The first-order valence-corrected chi connectivity index (χ1v) is 12.8. The first-order chi connectivity index (χ1) is 17.1. The van der Waals surface area contributed by atoms with Gasteiger partial charge in [0.15, 0.2) is 17.2 Å². The third kappa shape index (κ3) is 3.32. The Balaban J connectivity index is 2.08. The molecule has 7 heteroatoms. The van der Waals surface area contributed by atoms with Crippen LogP contribution in [0.4, 0.5) is 0 Å². The largest absolute Gasteiger partial charge is 0.511 e. The molecular weight excluding hydrogens is 472 g/mol. The molecule has 1 aromatic carbocycles. The quantitative estimate of drug-likeness (QED) is 0.413. The van der Waals surface area contributed by atoms with E-state index in [2.05, 4.69) is 0 Å². The summed E-state index contributed by atoms with van der Waals surface area (Å²) in [5.41, 5.74) is -3.27. The van der Waals surface area contributed by atoms with Gasteiger partial charge in [-0.3, -0.25) is 14.4 Å². The molecule has 7 nitrogen and oxygen atoms in total. The predicted octanol–water partition coefficient (Wildman–Crippen LogP) is 5.16. The van der Waals surface area contributed by atoms with Crippen LogP contribution in [-0.4, -0.2) is 43.4 Å². The van der Waals surface area contributed by atoms with Gasteiger partial charge in [0.2, 0.25) is 5.78 Å². The Kier molecular flexibility index (Phi) is 6.11. The molecule has 0 aromatic heterocycles. The van der Waals surface area contributed by atoms with Gasteiger partial charge < -0.3 is 20.4 Å². The van der Waals surface area contributed by atoms with Crippen molar-refractivity contribution in [3.05, 3.63) is 57.6 Å². The van der Waals surface area contributed by atoms with Gasteiger partial charge in [-0.25, -0.2) is 0 Å². The highest BCUT2D eigenvalue weighted by Gasteiger charge is 2.71. The van der Waals surface area contributed by atoms with Gasteiger partial charge in [0, 0.05) is 22.3 Å². The lowest BCUT2D eigenvalue weighted by molar-refractivity contribution is -0.171. The monoisotopic (exact) mass is 508 g/mol. The predicted molar refractivity (Wildman–Crippen MR) is 139 cm³/mol. The van der Waals surface area contributed by atoms with Crippen LogP contribution in [0.1, 0.15) is 82.8 Å². The van der Waals surface area contributed by atoms with Crippen LogP contribution in [0.5, 0.6) is 5.75 Å². The number of ketones is 3. The van der Waals surface area contributed by atoms with Gasteiger partial charge in [0.05, 0.1) is 5.56 Å². The van der Waals surface area contributed by atoms with Crippen LogP contribution in [0, 0.1) is 22.7 Å². The number of aromatic hydroxyl groups is 1. The van der Waals surface area contributed by atoms with Crippen LogP contribution >= 0.6 is 0 Å². The molecule has 3 aliphatic rings. The van der Waals surface area contributed by atoms with E-state index in [1.54, 1.807) is 19.9 Å². The van der Waals surface area contributed by atoms with Gasteiger partial charge >= 0.3 is 0 Å². The first-order valence-electron chi connectivity index (χ1n) is 12.8. The second-order valence-electron chi connectivity index (χ2n) is 11.7. The number of Topliss-reactive ketones (excluding diaryl/α,β-unsaturated/α-hetero) is 3. The van der Waals surface area contributed by atoms with E-state index in [9.17, 15) is 34.8 Å². The number of carbonyl (C=O) groups is 3. The Hall–Kier alpha value is -3.19. The fourth-order valence-electron chi connectivity index (χ4n) is 7.52. The lowest BCUT2D eigenvalue weighted by atomic mass is 9.44. The number of carbonyl (C=O) groups excluding carboxylic acids is 3. The number of hydrogen-bond donors (Lipinski definition) is 4. The third-order valence-corrected chi connectivity index (χ3v) is 8.83. The normalized spacial score (nSPS) is 31.9. The molecule has 0 bridgehead atoms. The average molecular weight is 509 g/mol. The maximum atomic E-state index is 14.0. The zero-order valence-electron chi connectivity index (χ0n) is 22.5. The van der Waals surface area contributed by atoms with Crippen molar-refractivity contribution in [2.45, 2.75) is 73.3 Å². The highest BCUT2D eigenvalue weighted by molar-refractivity contribution is 6.25. The maximum Gasteiger partial charge on any atom is 0.209 e. The summed E-state index contributed by atoms with van der Waals surface area (Å²) in [6, 6.07) is 3.21. The molecule has 4 N–H and O–H groups in total. The summed E-state index contributed by atoms with van der Waals surface area (Å²) >= 11 is 0. The second-order valence-corrected chi connectivity index (χ2v) is 11.7. The number of rotatable bonds is 4. The summed E-state index contributed by atoms with van der Waals surface area (Å²) in [7, 11) is 0. The number of benzene rings is 1. The summed E-state index contributed by atoms with van der Waals surface area (Å²) < 4.78 is 0. The molecular formula is C30H36O7. The van der Waals surface area contributed by atoms with Crippen LogP contribution in [0.15, 0.2) is 40.9 Å². The van der Waals surface area contributed by atoms with E-state index in [0.29, 0.717) is 5.56 Å². The van der Waals surface area contributed by atoms with Gasteiger partial charge in [-0.05, 0) is 61.8 Å². The van der Waals surface area contributed by atoms with Gasteiger partial charge in [0.25, 0.3) is 0 Å². The summed E-state index contributed by atoms with van der Waals surface area (Å²) in [6.45, 7) is 12.1. The summed E-state index contributed by atoms with van der Waals surface area (Å²) in [6.07, 6.45) is 3.16. The maximum absolute atomic E-state index is 14.0. The van der Waals surface area contributed by atoms with Crippen LogP contribution in [-0.2, 0) is 16.0 Å². The Morgan fingerprint density at radius 2 is 1.76 bits per heavy atom. The molecule has 1 aromatic rings. The Morgan fingerprint density at radius 1 is 1.14 bits per heavy atom. The summed E-state index contributed by atoms with van der Waals surface area (Å²) in [4.78, 5) is 40.1. The molecule has 0 fully saturated rings. The zero-order valence-corrected chi connectivity index (χ0v) is 22.5. The molecule has 0 spiro atoms. The summed E-state index contributed by atoms with van der Waals surface area (Å²) in [5, 5.41) is 45.6. The van der Waals surface area contributed by atoms with Gasteiger partial charge in [-0.2, -0.15) is 0 Å². The number of hydrogen-bond acceptors (Lipinski definition) is 7. The van der Waals surface area contributed by atoms with Crippen molar-refractivity contribution in [1.82, 2.24) is 0 Å². The topological polar surface area (TPSA) is 132 Å². The molecule has 0 saturated heterocycles. The van der Waals surface area contributed by atoms with Gasteiger partial charge in [-0.15, -0.1) is 0 Å². The molecule has 4 atom stereocenters. The van der Waals surface area contributed by atoms with E-state index in [1.165, 1.54) is 6.07 Å². The van der Waals surface area contributed by atoms with Crippen LogP contribution in [0.25, 0.3) is 5.57 Å². The smallest absolute Gasteiger partial charge is 0.209 e. The van der Waals surface area contributed by atoms with Gasteiger partial charge in [0.1, 0.15) is 22.8 Å². The highest BCUT2D eigenvalue weighted by atomic mass is 16.3. The fourth-order valence-corrected chi connectivity index (χ4v) is 7.52. The van der Waals surface area contributed by atoms with E-state index in [1.807, 2.05) is 33.8 Å². The number of aliphatic hydroxyl groups excluding tert-OH is 2. The van der Waals surface area contributed by atoms with Crippen molar-refractivity contribution in [2.24, 2.45) is 22.7 Å². The molecule has 4 rings (SSSR count). The number of fused-ring (bicyclic) bond motifs is 3. The zero-order chi connectivity index (χ0) is 27.8. The minimum atomic E-state index is -2.59. The molecule has 0 radical (unpaired) electrons. The van der Waals surface area contributed by atoms with Crippen molar-refractivity contribution in [3.8, 4) is 5.75 Å². The molecule has 1 unspecified atom stereocenters. The van der Waals surface area contributed by atoms with Crippen molar-refractivity contribution < 1.29 is 34.8 Å². The lowest BCUT2D eigenvalue weighted by Crippen LogP contribution is -2.67. The van der Waals surface area contributed by atoms with E-state index >= 15 is 0 Å². The van der Waals surface area contributed by atoms with E-state index in [-0.39, 0.29) is 41.4 Å². The summed E-state index contributed by atoms with van der Waals surface area (Å²) in [5.74, 6) is -5.06. The molecule has 3 aliphatic carbocycles. The van der Waals surface area contributed by atoms with E-state index < -0.39 is 51.0 Å². The first kappa shape index (κ1) is 26.9. The molecule has 198 valence electrons. The number of phenols is 1. The molecule has 0 amide bonds. The molecule has 37 heavy (non-hydrogen) atoms. The Bertz CT molecular complexity index is 1340. The van der Waals surface area contributed by atoms with Crippen molar-refractivity contribution in [3.63, 3.8) is 0 Å². The van der Waals surface area contributed by atoms with Crippen LogP contribution < -0.4 is 0 Å². The fraction of sp³-hybridized carbons (Fsp3) is 0.500. The van der Waals surface area contributed by atoms with E-state index in [0.717, 1.165) is 24.5 Å². The Morgan fingerprint density at radius 3 is 2.30 bits per heavy atom. The van der Waals surface area contributed by atoms with E-state index in [4.69, 9.17) is 0 Å². The van der Waals surface area contributed by atoms with Crippen LogP contribution in [0.2, 0.25) is 0 Å². The highest BCUT2D eigenvalue weighted by Crippen LogP contribution is 2.65.